The van der Waals surface area contributed by atoms with Crippen molar-refractivity contribution in [2.45, 2.75) is 11.5 Å². The number of hydroxylamine groups is 3. The third-order valence-electron chi connectivity index (χ3n) is 3.10. The Kier molecular flexibility index (Phi) is 5.01. The molecule has 13 heteroatoms. The number of amides is 4. The zero-order valence-electron chi connectivity index (χ0n) is 12.9. The van der Waals surface area contributed by atoms with Crippen LogP contribution in [0.25, 0.3) is 0 Å². The number of nitrogens with zero attached hydrogens (tertiary/aromatic N) is 3. The van der Waals surface area contributed by atoms with Gasteiger partial charge in [0.2, 0.25) is 0 Å². The summed E-state index contributed by atoms with van der Waals surface area (Å²) >= 11 is 0. The van der Waals surface area contributed by atoms with E-state index < -0.39 is 44.0 Å². The number of rotatable bonds is 5. The first-order valence-corrected chi connectivity index (χ1v) is 8.01. The molecule has 1 atom stereocenters. The number of nitrogens with one attached hydrogen (secondary N) is 1. The molecule has 1 unspecified atom stereocenters. The van der Waals surface area contributed by atoms with E-state index in [4.69, 9.17) is 4.84 Å². The van der Waals surface area contributed by atoms with Gasteiger partial charge in [0.05, 0.1) is 7.11 Å². The fraction of sp³-hybridized carbons (Fsp3) is 0.250. The Morgan fingerprint density at radius 2 is 2.00 bits per heavy atom. The normalized spacial score (nSPS) is 20.2. The number of hydrogen-bond donors (Lipinski definition) is 1. The summed E-state index contributed by atoms with van der Waals surface area (Å²) in [5.74, 6) is -0.661. The molecule has 10 nitrogen and oxygen atoms in total. The van der Waals surface area contributed by atoms with Gasteiger partial charge in [-0.2, -0.15) is 13.6 Å². The van der Waals surface area contributed by atoms with Crippen molar-refractivity contribution in [1.29, 1.82) is 0 Å². The van der Waals surface area contributed by atoms with Gasteiger partial charge >= 0.3 is 18.7 Å². The fourth-order valence-electron chi connectivity index (χ4n) is 1.78. The average molecular weight is 379 g/mol. The van der Waals surface area contributed by atoms with Crippen LogP contribution in [0.2, 0.25) is 0 Å². The Morgan fingerprint density at radius 1 is 1.36 bits per heavy atom. The number of halogens is 2. The van der Waals surface area contributed by atoms with E-state index in [0.29, 0.717) is 0 Å². The number of hydrazone groups is 1. The first kappa shape index (κ1) is 18.7. The molecule has 1 aliphatic heterocycles. The Balaban J connectivity index is 2.24. The molecule has 0 radical (unpaired) electrons. The van der Waals surface area contributed by atoms with Crippen molar-refractivity contribution in [2.24, 2.45) is 5.10 Å². The number of hydrogen-bond acceptors (Lipinski definition) is 7. The molecule has 0 fully saturated rings. The number of urea groups is 2. The summed E-state index contributed by atoms with van der Waals surface area (Å²) in [6.45, 7) is -3.27. The fourth-order valence-corrected chi connectivity index (χ4v) is 2.85. The van der Waals surface area contributed by atoms with Crippen LogP contribution in [-0.4, -0.2) is 57.2 Å². The van der Waals surface area contributed by atoms with Crippen molar-refractivity contribution in [3.05, 3.63) is 24.3 Å². The van der Waals surface area contributed by atoms with E-state index in [0.717, 1.165) is 18.5 Å². The lowest BCUT2D eigenvalue weighted by molar-refractivity contribution is -0.941. The topological polar surface area (TPSA) is 114 Å². The van der Waals surface area contributed by atoms with Crippen LogP contribution in [0.4, 0.5) is 18.4 Å². The molecular weight excluding hydrogens is 366 g/mol. The standard InChI is InChI=1S/C12H12F2N4O6S/c1-18(23-2)7-15-17(12(18)20)11(19)16-25(21,22)9-6-4-3-5-8(9)24-10(13)14/h3-7,10H,1-2H3/p+1. The molecular formula is C12H13F2N4O6S+. The summed E-state index contributed by atoms with van der Waals surface area (Å²) in [6, 6.07) is 2.07. The molecule has 0 bridgehead atoms. The van der Waals surface area contributed by atoms with Crippen molar-refractivity contribution in [3.8, 4) is 5.75 Å². The highest BCUT2D eigenvalue weighted by Gasteiger charge is 2.47. The molecule has 1 N–H and O–H groups in total. The number of alkyl halides is 2. The number of imide groups is 1. The predicted octanol–water partition coefficient (Wildman–Crippen LogP) is 1.07. The first-order valence-electron chi connectivity index (χ1n) is 6.53. The van der Waals surface area contributed by atoms with Crippen LogP contribution in [0, 0.1) is 0 Å². The predicted molar refractivity (Wildman–Crippen MR) is 77.7 cm³/mol. The van der Waals surface area contributed by atoms with Gasteiger partial charge in [-0.1, -0.05) is 21.8 Å². The van der Waals surface area contributed by atoms with Gasteiger partial charge in [0.1, 0.15) is 17.7 Å². The molecule has 0 saturated carbocycles. The van der Waals surface area contributed by atoms with Crippen LogP contribution >= 0.6 is 0 Å². The first-order chi connectivity index (χ1) is 11.6. The van der Waals surface area contributed by atoms with Gasteiger partial charge in [0.15, 0.2) is 0 Å². The van der Waals surface area contributed by atoms with Crippen LogP contribution in [0.3, 0.4) is 0 Å². The molecule has 0 aliphatic carbocycles. The largest absolute Gasteiger partial charge is 0.486 e. The Hall–Kier alpha value is -2.64. The molecule has 136 valence electrons. The average Bonchev–Trinajstić information content (AvgIpc) is 2.83. The van der Waals surface area contributed by atoms with E-state index in [-0.39, 0.29) is 5.01 Å². The number of quaternary nitrogens is 1. The number of ether oxygens (including phenoxy) is 1. The lowest BCUT2D eigenvalue weighted by atomic mass is 10.3. The third kappa shape index (κ3) is 3.72. The van der Waals surface area contributed by atoms with E-state index in [1.807, 2.05) is 0 Å². The number of carbonyl (C=O) groups excluding carboxylic acids is 2. The maximum atomic E-state index is 12.4. The van der Waals surface area contributed by atoms with Gasteiger partial charge in [-0.15, -0.1) is 5.10 Å². The van der Waals surface area contributed by atoms with Crippen LogP contribution in [-0.2, 0) is 14.9 Å². The van der Waals surface area contributed by atoms with Gasteiger partial charge in [-0.05, 0) is 12.1 Å². The molecule has 1 aromatic carbocycles. The van der Waals surface area contributed by atoms with Crippen molar-refractivity contribution >= 4 is 28.4 Å². The van der Waals surface area contributed by atoms with Crippen molar-refractivity contribution in [1.82, 2.24) is 9.73 Å². The van der Waals surface area contributed by atoms with E-state index in [1.54, 1.807) is 4.72 Å². The zero-order chi connectivity index (χ0) is 18.8. The van der Waals surface area contributed by atoms with Gasteiger partial charge in [-0.25, -0.2) is 22.7 Å². The summed E-state index contributed by atoms with van der Waals surface area (Å²) in [4.78, 5) is 28.2. The zero-order valence-corrected chi connectivity index (χ0v) is 13.7. The summed E-state index contributed by atoms with van der Waals surface area (Å²) < 4.78 is 54.1. The van der Waals surface area contributed by atoms with Gasteiger partial charge in [0.25, 0.3) is 16.4 Å². The second-order valence-corrected chi connectivity index (χ2v) is 6.38. The minimum atomic E-state index is -4.61. The highest BCUT2D eigenvalue weighted by atomic mass is 32.2. The van der Waals surface area contributed by atoms with Crippen molar-refractivity contribution < 1.29 is 41.0 Å². The second-order valence-electron chi connectivity index (χ2n) is 4.73. The number of benzene rings is 1. The van der Waals surface area contributed by atoms with E-state index >= 15 is 0 Å². The van der Waals surface area contributed by atoms with Gasteiger partial charge < -0.3 is 4.74 Å². The molecule has 0 spiro atoms. The van der Waals surface area contributed by atoms with Crippen LogP contribution in [0.15, 0.2) is 34.3 Å². The van der Waals surface area contributed by atoms with Crippen LogP contribution < -0.4 is 9.46 Å². The van der Waals surface area contributed by atoms with Gasteiger partial charge in [-0.3, -0.25) is 0 Å². The third-order valence-corrected chi connectivity index (χ3v) is 4.46. The number of sulfonamides is 1. The quantitative estimate of drug-likeness (QED) is 0.766. The van der Waals surface area contributed by atoms with E-state index in [2.05, 4.69) is 9.84 Å². The molecule has 25 heavy (non-hydrogen) atoms. The van der Waals surface area contributed by atoms with Gasteiger partial charge in [0, 0.05) is 0 Å². The lowest BCUT2D eigenvalue weighted by Gasteiger charge is -2.18. The minimum absolute atomic E-state index is 0.234. The molecule has 4 amide bonds. The molecule has 0 saturated heterocycles. The smallest absolute Gasteiger partial charge is 0.433 e. The lowest BCUT2D eigenvalue weighted by Crippen LogP contribution is -2.51. The Bertz CT molecular complexity index is 831. The maximum Gasteiger partial charge on any atom is 0.486 e. The van der Waals surface area contributed by atoms with Crippen molar-refractivity contribution in [3.63, 3.8) is 0 Å². The molecule has 0 aromatic heterocycles. The monoisotopic (exact) mass is 379 g/mol. The maximum absolute atomic E-state index is 12.4. The van der Waals surface area contributed by atoms with E-state index in [1.165, 1.54) is 26.3 Å². The Morgan fingerprint density at radius 3 is 2.56 bits per heavy atom. The highest BCUT2D eigenvalue weighted by molar-refractivity contribution is 7.90. The number of carbonyl (C=O) groups is 2. The molecule has 1 aromatic rings. The summed E-state index contributed by atoms with van der Waals surface area (Å²) in [5, 5.41) is 3.70. The summed E-state index contributed by atoms with van der Waals surface area (Å²) in [7, 11) is -2.17. The second kappa shape index (κ2) is 6.70. The molecule has 1 aliphatic rings. The Labute approximate surface area is 140 Å². The SMILES string of the molecule is CO[N+]1(C)C=NN(C(=O)NS(=O)(=O)c2ccccc2OC(F)F)C1=O. The summed E-state index contributed by atoms with van der Waals surface area (Å²) in [6.07, 6.45) is 0.961. The molecule has 1 heterocycles. The van der Waals surface area contributed by atoms with E-state index in [9.17, 15) is 26.8 Å². The van der Waals surface area contributed by atoms with Crippen molar-refractivity contribution in [2.75, 3.05) is 14.2 Å². The van der Waals surface area contributed by atoms with Crippen LogP contribution in [0.1, 0.15) is 0 Å². The summed E-state index contributed by atoms with van der Waals surface area (Å²) in [5.41, 5.74) is 0. The van der Waals surface area contributed by atoms with Crippen LogP contribution in [0.5, 0.6) is 5.75 Å². The molecule has 2 rings (SSSR count). The minimum Gasteiger partial charge on any atom is -0.433 e. The highest BCUT2D eigenvalue weighted by Crippen LogP contribution is 2.25. The number of para-hydroxylation sites is 1.